The molecule has 3 aliphatic rings. The molecule has 0 bridgehead atoms. The molecule has 2 nitrogen and oxygen atoms in total. The van der Waals surface area contributed by atoms with E-state index in [1.54, 1.807) is 0 Å². The Morgan fingerprint density at radius 1 is 1.59 bits per heavy atom. The summed E-state index contributed by atoms with van der Waals surface area (Å²) in [5.41, 5.74) is 2.15. The van der Waals surface area contributed by atoms with Gasteiger partial charge in [0, 0.05) is 11.5 Å². The van der Waals surface area contributed by atoms with E-state index >= 15 is 0 Å². The van der Waals surface area contributed by atoms with E-state index in [1.807, 2.05) is 0 Å². The molecule has 0 amide bonds. The lowest BCUT2D eigenvalue weighted by Gasteiger charge is -2.49. The molecule has 3 fully saturated rings. The summed E-state index contributed by atoms with van der Waals surface area (Å²) in [6.45, 7) is 7.75. The molecule has 2 aliphatic carbocycles. The minimum atomic E-state index is -0.271. The molecule has 17 heavy (non-hydrogen) atoms. The number of hydrogen-bond acceptors (Lipinski definition) is 2. The van der Waals surface area contributed by atoms with Gasteiger partial charge >= 0.3 is 5.97 Å². The Hall–Kier alpha value is -1.05. The molecule has 1 heterocycles. The predicted octanol–water partition coefficient (Wildman–Crippen LogP) is 3.24. The lowest BCUT2D eigenvalue weighted by molar-refractivity contribution is -0.142. The fraction of sp³-hybridized carbons (Fsp3) is 0.667. The van der Waals surface area contributed by atoms with Gasteiger partial charge in [-0.15, -0.1) is 0 Å². The van der Waals surface area contributed by atoms with E-state index in [4.69, 9.17) is 6.11 Å². The highest BCUT2D eigenvalue weighted by atomic mass is 16.6. The minimum Gasteiger partial charge on any atom is -0.458 e. The summed E-state index contributed by atoms with van der Waals surface area (Å²) in [6, 6.07) is 0. The van der Waals surface area contributed by atoms with Gasteiger partial charge in [-0.2, -0.15) is 0 Å². The van der Waals surface area contributed by atoms with Crippen LogP contribution in [0.3, 0.4) is 0 Å². The third kappa shape index (κ3) is 1.50. The molecular weight excluding hydrogens is 212 g/mol. The van der Waals surface area contributed by atoms with Crippen molar-refractivity contribution in [3.05, 3.63) is 24.3 Å². The molecule has 0 radical (unpaired) electrons. The predicted molar refractivity (Wildman–Crippen MR) is 66.3 cm³/mol. The Labute approximate surface area is 104 Å². The number of hydrogen-bond donors (Lipinski definition) is 0. The Bertz CT molecular complexity index is 440. The average Bonchev–Trinajstić information content (AvgIpc) is 2.60. The van der Waals surface area contributed by atoms with Crippen molar-refractivity contribution in [2.24, 2.45) is 17.3 Å². The summed E-state index contributed by atoms with van der Waals surface area (Å²) in [5, 5.41) is 0. The monoisotopic (exact) mass is 233 g/mol. The van der Waals surface area contributed by atoms with Crippen LogP contribution in [-0.2, 0) is 9.53 Å². The molecule has 1 saturated heterocycles. The Morgan fingerprint density at radius 3 is 3.18 bits per heavy atom. The molecule has 4 atom stereocenters. The average molecular weight is 233 g/mol. The van der Waals surface area contributed by atoms with Crippen molar-refractivity contribution in [1.29, 1.82) is 0 Å². The summed E-state index contributed by atoms with van der Waals surface area (Å²) < 4.78 is 12.9. The second-order valence-corrected chi connectivity index (χ2v) is 6.16. The number of esters is 1. The van der Waals surface area contributed by atoms with Gasteiger partial charge in [-0.25, -0.2) is 4.79 Å². The number of rotatable bonds is 0. The molecule has 0 spiro atoms. The third-order valence-electron chi connectivity index (χ3n) is 5.08. The zero-order valence-corrected chi connectivity index (χ0v) is 10.4. The van der Waals surface area contributed by atoms with Crippen molar-refractivity contribution in [2.45, 2.75) is 45.1 Å². The van der Waals surface area contributed by atoms with E-state index in [0.29, 0.717) is 11.5 Å². The maximum atomic E-state index is 11.7. The fourth-order valence-electron chi connectivity index (χ4n) is 4.07. The zero-order valence-electron chi connectivity index (χ0n) is 11.4. The molecule has 1 aliphatic heterocycles. The second kappa shape index (κ2) is 3.47. The molecule has 0 aromatic carbocycles. The second-order valence-electron chi connectivity index (χ2n) is 6.16. The SMILES string of the molecule is [2H]C=C1C(=O)O[C@@H]2C[C@@]3(C)CCCC(=C)[C@@H]3C[C@H]12. The first-order valence-corrected chi connectivity index (χ1v) is 6.52. The first-order valence-electron chi connectivity index (χ1n) is 7.10. The first-order chi connectivity index (χ1) is 8.55. The summed E-state index contributed by atoms with van der Waals surface area (Å²) >= 11 is 0. The van der Waals surface area contributed by atoms with E-state index < -0.39 is 0 Å². The third-order valence-corrected chi connectivity index (χ3v) is 5.08. The van der Waals surface area contributed by atoms with Crippen LogP contribution < -0.4 is 0 Å². The minimum absolute atomic E-state index is 0.00116. The van der Waals surface area contributed by atoms with Crippen molar-refractivity contribution >= 4 is 5.97 Å². The Kier molecular flexibility index (Phi) is 2.03. The smallest absolute Gasteiger partial charge is 0.334 e. The van der Waals surface area contributed by atoms with Crippen LogP contribution in [0.25, 0.3) is 0 Å². The molecule has 3 rings (SSSR count). The fourth-order valence-corrected chi connectivity index (χ4v) is 4.07. The number of carbonyl (C=O) groups excluding carboxylic acids is 1. The van der Waals surface area contributed by atoms with Crippen molar-refractivity contribution in [2.75, 3.05) is 0 Å². The molecule has 2 heteroatoms. The van der Waals surface area contributed by atoms with E-state index in [1.165, 1.54) is 25.0 Å². The quantitative estimate of drug-likeness (QED) is 0.365. The largest absolute Gasteiger partial charge is 0.458 e. The molecule has 0 N–H and O–H groups in total. The van der Waals surface area contributed by atoms with Crippen LogP contribution in [0.2, 0.25) is 0 Å². The molecule has 0 aromatic rings. The molecule has 0 unspecified atom stereocenters. The van der Waals surface area contributed by atoms with Crippen molar-refractivity contribution in [3.63, 3.8) is 0 Å². The standard InChI is InChI=1S/C15H20O2/c1-9-5-4-6-15(3)8-13-11(7-12(9)15)10(2)14(16)17-13/h11-13H,1-2,4-8H2,3H3/t11-,12+,13-,15-/m1/s1/i2D. The van der Waals surface area contributed by atoms with Crippen LogP contribution in [0, 0.1) is 17.3 Å². The topological polar surface area (TPSA) is 26.3 Å². The number of carbonyl (C=O) groups is 1. The van der Waals surface area contributed by atoms with Crippen molar-refractivity contribution in [1.82, 2.24) is 0 Å². The summed E-state index contributed by atoms with van der Waals surface area (Å²) in [7, 11) is 0. The van der Waals surface area contributed by atoms with Crippen molar-refractivity contribution < 1.29 is 10.9 Å². The maximum absolute atomic E-state index is 11.7. The Balaban J connectivity index is 1.92. The maximum Gasteiger partial charge on any atom is 0.334 e. The van der Waals surface area contributed by atoms with Gasteiger partial charge in [-0.3, -0.25) is 0 Å². The number of ether oxygens (including phenoxy) is 1. The highest BCUT2D eigenvalue weighted by molar-refractivity contribution is 5.90. The molecule has 2 saturated carbocycles. The normalized spacial score (nSPS) is 48.4. The molecular formula is C15H20O2. The van der Waals surface area contributed by atoms with Crippen LogP contribution in [0.4, 0.5) is 0 Å². The van der Waals surface area contributed by atoms with Crippen molar-refractivity contribution in [3.8, 4) is 0 Å². The van der Waals surface area contributed by atoms with Gasteiger partial charge in [0.05, 0.1) is 1.37 Å². The highest BCUT2D eigenvalue weighted by Gasteiger charge is 2.52. The van der Waals surface area contributed by atoms with E-state index in [-0.39, 0.29) is 23.4 Å². The molecule has 92 valence electrons. The van der Waals surface area contributed by atoms with E-state index in [2.05, 4.69) is 13.5 Å². The van der Waals surface area contributed by atoms with Gasteiger partial charge < -0.3 is 4.74 Å². The van der Waals surface area contributed by atoms with Gasteiger partial charge in [-0.1, -0.05) is 25.6 Å². The van der Waals surface area contributed by atoms with Gasteiger partial charge in [-0.05, 0) is 43.4 Å². The van der Waals surface area contributed by atoms with Crippen LogP contribution >= 0.6 is 0 Å². The summed E-state index contributed by atoms with van der Waals surface area (Å²) in [5.74, 6) is 0.354. The van der Waals surface area contributed by atoms with Crippen LogP contribution in [0.1, 0.15) is 40.4 Å². The van der Waals surface area contributed by atoms with Crippen LogP contribution in [0.5, 0.6) is 0 Å². The lowest BCUT2D eigenvalue weighted by atomic mass is 9.56. The van der Waals surface area contributed by atoms with Crippen LogP contribution in [0.15, 0.2) is 24.3 Å². The van der Waals surface area contributed by atoms with Gasteiger partial charge in [0.15, 0.2) is 0 Å². The van der Waals surface area contributed by atoms with E-state index in [9.17, 15) is 4.79 Å². The first kappa shape index (κ1) is 9.93. The van der Waals surface area contributed by atoms with Gasteiger partial charge in [0.25, 0.3) is 0 Å². The van der Waals surface area contributed by atoms with Gasteiger partial charge in [0.1, 0.15) is 6.10 Å². The summed E-state index contributed by atoms with van der Waals surface area (Å²) in [4.78, 5) is 11.7. The lowest BCUT2D eigenvalue weighted by Crippen LogP contribution is -2.43. The van der Waals surface area contributed by atoms with E-state index in [0.717, 1.165) is 19.3 Å². The van der Waals surface area contributed by atoms with Crippen LogP contribution in [-0.4, -0.2) is 12.1 Å². The number of allylic oxidation sites excluding steroid dienone is 1. The highest BCUT2D eigenvalue weighted by Crippen LogP contribution is 2.56. The summed E-state index contributed by atoms with van der Waals surface area (Å²) in [6.07, 6.45) is 5.41. The Morgan fingerprint density at radius 2 is 2.41 bits per heavy atom. The number of fused-ring (bicyclic) bond motifs is 2. The zero-order chi connectivity index (χ0) is 12.9. The molecule has 0 aromatic heterocycles. The van der Waals surface area contributed by atoms with Gasteiger partial charge in [0.2, 0.25) is 0 Å².